The lowest BCUT2D eigenvalue weighted by molar-refractivity contribution is 0.0697. The van der Waals surface area contributed by atoms with Crippen LogP contribution < -0.4 is 4.90 Å². The van der Waals surface area contributed by atoms with E-state index in [9.17, 15) is 4.79 Å². The van der Waals surface area contributed by atoms with Crippen molar-refractivity contribution in [2.75, 3.05) is 29.7 Å². The number of anilines is 1. The summed E-state index contributed by atoms with van der Waals surface area (Å²) in [4.78, 5) is 12.4. The quantitative estimate of drug-likeness (QED) is 0.701. The molecule has 0 unspecified atom stereocenters. The molecule has 2 aromatic rings. The summed E-state index contributed by atoms with van der Waals surface area (Å²) in [5.74, 6) is 0.447. The van der Waals surface area contributed by atoms with E-state index in [-0.39, 0.29) is 11.3 Å². The molecule has 0 heterocycles. The van der Waals surface area contributed by atoms with Gasteiger partial charge in [0.25, 0.3) is 0 Å². The molecule has 0 fully saturated rings. The van der Waals surface area contributed by atoms with E-state index in [1.807, 2.05) is 12.1 Å². The van der Waals surface area contributed by atoms with Crippen molar-refractivity contribution in [2.24, 2.45) is 0 Å². The van der Waals surface area contributed by atoms with Gasteiger partial charge in [0.1, 0.15) is 5.75 Å². The van der Waals surface area contributed by atoms with E-state index in [0.717, 1.165) is 18.8 Å². The van der Waals surface area contributed by atoms with Crippen LogP contribution in [0.15, 0.2) is 48.5 Å². The van der Waals surface area contributed by atoms with Gasteiger partial charge in [-0.05, 0) is 42.5 Å². The lowest BCUT2D eigenvalue weighted by atomic mass is 10.2. The summed E-state index contributed by atoms with van der Waals surface area (Å²) >= 11 is 16.9. The third kappa shape index (κ3) is 7.30. The highest BCUT2D eigenvalue weighted by Crippen LogP contribution is 2.18. The van der Waals surface area contributed by atoms with E-state index in [4.69, 9.17) is 45.0 Å². The normalized spacial score (nSPS) is 9.79. The molecule has 0 saturated carbocycles. The Morgan fingerprint density at radius 3 is 2.00 bits per heavy atom. The van der Waals surface area contributed by atoms with Gasteiger partial charge in [-0.1, -0.05) is 17.7 Å². The first-order chi connectivity index (χ1) is 11.5. The molecule has 0 amide bonds. The molecule has 2 aromatic carbocycles. The average Bonchev–Trinajstić information content (AvgIpc) is 2.56. The third-order valence-electron chi connectivity index (χ3n) is 3.00. The van der Waals surface area contributed by atoms with Gasteiger partial charge < -0.3 is 15.1 Å². The summed E-state index contributed by atoms with van der Waals surface area (Å²) in [7, 11) is 0. The first kappa shape index (κ1) is 20.4. The number of carbonyl (C=O) groups is 1. The molecule has 2 rings (SSSR count). The third-order valence-corrected chi connectivity index (χ3v) is 3.57. The Labute approximate surface area is 156 Å². The second kappa shape index (κ2) is 11.0. The first-order valence-corrected chi connectivity index (χ1v) is 8.57. The maximum atomic E-state index is 10.3. The Bertz CT molecular complexity index is 629. The summed E-state index contributed by atoms with van der Waals surface area (Å²) in [5, 5.41) is 18.0. The zero-order chi connectivity index (χ0) is 17.9. The number of aromatic hydroxyl groups is 1. The Balaban J connectivity index is 0.000000254. The van der Waals surface area contributed by atoms with Crippen LogP contribution in [-0.2, 0) is 0 Å². The van der Waals surface area contributed by atoms with Crippen LogP contribution >= 0.6 is 34.8 Å². The molecule has 0 aliphatic heterocycles. The van der Waals surface area contributed by atoms with E-state index in [2.05, 4.69) is 4.90 Å². The summed E-state index contributed by atoms with van der Waals surface area (Å²) in [6.45, 7) is 1.53. The molecule has 24 heavy (non-hydrogen) atoms. The minimum absolute atomic E-state index is 0.215. The first-order valence-electron chi connectivity index (χ1n) is 7.12. The smallest absolute Gasteiger partial charge is 0.335 e. The number of phenols is 1. The zero-order valence-corrected chi connectivity index (χ0v) is 15.1. The molecule has 2 N–H and O–H groups in total. The Hall–Kier alpha value is -1.62. The molecule has 7 heteroatoms. The molecule has 0 radical (unpaired) electrons. The van der Waals surface area contributed by atoms with Crippen LogP contribution in [0.2, 0.25) is 5.02 Å². The molecule has 0 aromatic heterocycles. The van der Waals surface area contributed by atoms with E-state index < -0.39 is 5.97 Å². The van der Waals surface area contributed by atoms with Crippen molar-refractivity contribution in [1.82, 2.24) is 0 Å². The number of phenolic OH excluding ortho intramolecular Hbond substituents is 1. The number of hydrogen-bond acceptors (Lipinski definition) is 3. The molecule has 4 nitrogen and oxygen atoms in total. The fourth-order valence-electron chi connectivity index (χ4n) is 1.86. The monoisotopic (exact) mass is 389 g/mol. The number of halogens is 3. The summed E-state index contributed by atoms with van der Waals surface area (Å²) in [5.41, 5.74) is 1.25. The minimum atomic E-state index is -0.956. The highest BCUT2D eigenvalue weighted by Gasteiger charge is 2.04. The number of nitrogens with zero attached hydrogens (tertiary/aromatic N) is 1. The van der Waals surface area contributed by atoms with Crippen LogP contribution in [0.25, 0.3) is 0 Å². The summed E-state index contributed by atoms with van der Waals surface area (Å²) in [6.07, 6.45) is 0. The molecule has 0 bridgehead atoms. The van der Waals surface area contributed by atoms with Gasteiger partial charge in [-0.3, -0.25) is 0 Å². The van der Waals surface area contributed by atoms with Crippen molar-refractivity contribution in [3.63, 3.8) is 0 Å². The zero-order valence-electron chi connectivity index (χ0n) is 12.8. The molecule has 0 aliphatic rings. The SMILES string of the molecule is O=C(O)c1cccc(Cl)c1.Oc1ccc(N(CCCl)CCCl)cc1. The fraction of sp³-hybridized carbons (Fsp3) is 0.235. The molecule has 0 atom stereocenters. The van der Waals surface area contributed by atoms with Gasteiger partial charge in [0.05, 0.1) is 5.56 Å². The lowest BCUT2D eigenvalue weighted by Gasteiger charge is -2.22. The number of carboxylic acids is 1. The van der Waals surface area contributed by atoms with Crippen molar-refractivity contribution in [1.29, 1.82) is 0 Å². The van der Waals surface area contributed by atoms with Crippen LogP contribution in [0.3, 0.4) is 0 Å². The van der Waals surface area contributed by atoms with Gasteiger partial charge in [-0.15, -0.1) is 23.2 Å². The minimum Gasteiger partial charge on any atom is -0.508 e. The maximum absolute atomic E-state index is 10.3. The van der Waals surface area contributed by atoms with Crippen molar-refractivity contribution >= 4 is 46.5 Å². The Kier molecular flexibility index (Phi) is 9.38. The van der Waals surface area contributed by atoms with E-state index in [1.54, 1.807) is 24.3 Å². The summed E-state index contributed by atoms with van der Waals surface area (Å²) < 4.78 is 0. The second-order valence-electron chi connectivity index (χ2n) is 4.70. The molecule has 0 aliphatic carbocycles. The van der Waals surface area contributed by atoms with Crippen LogP contribution in [-0.4, -0.2) is 41.0 Å². The fourth-order valence-corrected chi connectivity index (χ4v) is 2.46. The van der Waals surface area contributed by atoms with Gasteiger partial charge in [-0.2, -0.15) is 0 Å². The number of aromatic carboxylic acids is 1. The standard InChI is InChI=1S/C10H13Cl2NO.C7H5ClO2/c11-5-7-13(8-6-12)9-1-3-10(14)4-2-9;8-6-3-1-2-5(4-6)7(9)10/h1-4,14H,5-8H2;1-4H,(H,9,10). The predicted molar refractivity (Wildman–Crippen MR) is 100 cm³/mol. The molecule has 0 saturated heterocycles. The molecule has 130 valence electrons. The largest absolute Gasteiger partial charge is 0.508 e. The van der Waals surface area contributed by atoms with Crippen molar-refractivity contribution < 1.29 is 15.0 Å². The van der Waals surface area contributed by atoms with Crippen molar-refractivity contribution in [2.45, 2.75) is 0 Å². The lowest BCUT2D eigenvalue weighted by Crippen LogP contribution is -2.27. The summed E-state index contributed by atoms with van der Waals surface area (Å²) in [6, 6.07) is 13.2. The van der Waals surface area contributed by atoms with Gasteiger partial charge in [-0.25, -0.2) is 4.79 Å². The number of benzene rings is 2. The van der Waals surface area contributed by atoms with E-state index >= 15 is 0 Å². The number of carboxylic acid groups (broad SMARTS) is 1. The van der Waals surface area contributed by atoms with Crippen LogP contribution in [0.5, 0.6) is 5.75 Å². The highest BCUT2D eigenvalue weighted by molar-refractivity contribution is 6.30. The number of alkyl halides is 2. The molecular formula is C17H18Cl3NO3. The van der Waals surface area contributed by atoms with Crippen LogP contribution in [0, 0.1) is 0 Å². The Morgan fingerprint density at radius 2 is 1.58 bits per heavy atom. The van der Waals surface area contributed by atoms with Gasteiger partial charge in [0, 0.05) is 35.6 Å². The number of hydrogen-bond donors (Lipinski definition) is 2. The van der Waals surface area contributed by atoms with Crippen molar-refractivity contribution in [3.8, 4) is 5.75 Å². The topological polar surface area (TPSA) is 60.8 Å². The molecular weight excluding hydrogens is 373 g/mol. The van der Waals surface area contributed by atoms with Gasteiger partial charge >= 0.3 is 5.97 Å². The van der Waals surface area contributed by atoms with Crippen LogP contribution in [0.1, 0.15) is 10.4 Å². The molecule has 0 spiro atoms. The average molecular weight is 391 g/mol. The number of rotatable bonds is 6. The van der Waals surface area contributed by atoms with Gasteiger partial charge in [0.15, 0.2) is 0 Å². The van der Waals surface area contributed by atoms with Crippen LogP contribution in [0.4, 0.5) is 5.69 Å². The van der Waals surface area contributed by atoms with E-state index in [0.29, 0.717) is 16.8 Å². The Morgan fingerprint density at radius 1 is 1.00 bits per heavy atom. The highest BCUT2D eigenvalue weighted by atomic mass is 35.5. The maximum Gasteiger partial charge on any atom is 0.335 e. The van der Waals surface area contributed by atoms with Crippen molar-refractivity contribution in [3.05, 3.63) is 59.1 Å². The van der Waals surface area contributed by atoms with E-state index in [1.165, 1.54) is 12.1 Å². The second-order valence-corrected chi connectivity index (χ2v) is 5.89. The predicted octanol–water partition coefficient (Wildman–Crippen LogP) is 4.71. The van der Waals surface area contributed by atoms with Gasteiger partial charge in [0.2, 0.25) is 0 Å².